The van der Waals surface area contributed by atoms with Gasteiger partial charge in [0.2, 0.25) is 5.91 Å². The van der Waals surface area contributed by atoms with Crippen LogP contribution in [0.2, 0.25) is 0 Å². The zero-order chi connectivity index (χ0) is 11.6. The van der Waals surface area contributed by atoms with Gasteiger partial charge in [-0.3, -0.25) is 4.79 Å². The van der Waals surface area contributed by atoms with Crippen LogP contribution in [0, 0.1) is 0 Å². The molecule has 0 aromatic rings. The van der Waals surface area contributed by atoms with E-state index in [1.807, 2.05) is 11.8 Å². The summed E-state index contributed by atoms with van der Waals surface area (Å²) in [5, 5.41) is 3.50. The number of thioether (sulfide) groups is 1. The number of carbonyl (C=O) groups excluding carboxylic acids is 1. The predicted molar refractivity (Wildman–Crippen MR) is 65.8 cm³/mol. The van der Waals surface area contributed by atoms with Crippen LogP contribution in [-0.2, 0) is 14.3 Å². The first-order valence-corrected chi connectivity index (χ1v) is 6.83. The van der Waals surface area contributed by atoms with Crippen LogP contribution in [0.1, 0.15) is 19.3 Å². The smallest absolute Gasteiger partial charge is 0.246 e. The van der Waals surface area contributed by atoms with Crippen molar-refractivity contribution in [2.45, 2.75) is 24.5 Å². The van der Waals surface area contributed by atoms with Crippen molar-refractivity contribution in [3.8, 4) is 0 Å². The number of hydrogen-bond acceptors (Lipinski definition) is 4. The topological polar surface area (TPSA) is 47.6 Å². The Hall–Kier alpha value is -0.260. The lowest BCUT2D eigenvalue weighted by Gasteiger charge is -2.21. The van der Waals surface area contributed by atoms with Gasteiger partial charge in [0.1, 0.15) is 6.61 Å². The Morgan fingerprint density at radius 2 is 2.31 bits per heavy atom. The molecule has 1 unspecified atom stereocenters. The Labute approximate surface area is 101 Å². The summed E-state index contributed by atoms with van der Waals surface area (Å²) in [5.74, 6) is 1.20. The van der Waals surface area contributed by atoms with Crippen molar-refractivity contribution in [2.24, 2.45) is 0 Å². The minimum Gasteiger partial charge on any atom is -0.382 e. The second-order valence-electron chi connectivity index (χ2n) is 3.84. The maximum atomic E-state index is 11.4. The number of rotatable bonds is 7. The average molecular weight is 247 g/mol. The fourth-order valence-electron chi connectivity index (χ4n) is 1.55. The van der Waals surface area contributed by atoms with E-state index in [0.29, 0.717) is 18.5 Å². The molecule has 1 amide bonds. The maximum Gasteiger partial charge on any atom is 0.246 e. The van der Waals surface area contributed by atoms with Gasteiger partial charge in [-0.25, -0.2) is 0 Å². The van der Waals surface area contributed by atoms with Crippen molar-refractivity contribution in [3.63, 3.8) is 0 Å². The van der Waals surface area contributed by atoms with E-state index in [0.717, 1.165) is 6.54 Å². The van der Waals surface area contributed by atoms with Crippen molar-refractivity contribution >= 4 is 17.7 Å². The number of carbonyl (C=O) groups is 1. The molecule has 16 heavy (non-hydrogen) atoms. The molecule has 1 saturated heterocycles. The second kappa shape index (κ2) is 8.84. The van der Waals surface area contributed by atoms with Crippen molar-refractivity contribution in [1.82, 2.24) is 5.32 Å². The highest BCUT2D eigenvalue weighted by atomic mass is 32.2. The van der Waals surface area contributed by atoms with Crippen molar-refractivity contribution in [2.75, 3.05) is 39.2 Å². The first kappa shape index (κ1) is 13.8. The van der Waals surface area contributed by atoms with E-state index >= 15 is 0 Å². The van der Waals surface area contributed by atoms with E-state index in [-0.39, 0.29) is 12.5 Å². The molecule has 5 heteroatoms. The third kappa shape index (κ3) is 6.35. The Balaban J connectivity index is 1.96. The zero-order valence-corrected chi connectivity index (χ0v) is 10.7. The molecule has 0 aliphatic carbocycles. The monoisotopic (exact) mass is 247 g/mol. The van der Waals surface area contributed by atoms with Crippen LogP contribution in [0.25, 0.3) is 0 Å². The third-order valence-electron chi connectivity index (χ3n) is 2.47. The molecule has 1 N–H and O–H groups in total. The van der Waals surface area contributed by atoms with Gasteiger partial charge in [0.25, 0.3) is 0 Å². The van der Waals surface area contributed by atoms with Gasteiger partial charge in [-0.2, -0.15) is 11.8 Å². The fraction of sp³-hybridized carbons (Fsp3) is 0.909. The summed E-state index contributed by atoms with van der Waals surface area (Å²) >= 11 is 1.96. The summed E-state index contributed by atoms with van der Waals surface area (Å²) in [7, 11) is 1.61. The number of nitrogens with one attached hydrogen (secondary N) is 1. The minimum atomic E-state index is -0.0257. The van der Waals surface area contributed by atoms with E-state index in [1.54, 1.807) is 7.11 Å². The number of amides is 1. The molecule has 1 aliphatic rings. The molecule has 1 aliphatic heterocycles. The van der Waals surface area contributed by atoms with E-state index < -0.39 is 0 Å². The van der Waals surface area contributed by atoms with Gasteiger partial charge in [0.15, 0.2) is 0 Å². The summed E-state index contributed by atoms with van der Waals surface area (Å²) < 4.78 is 9.95. The molecule has 1 heterocycles. The molecule has 0 aromatic heterocycles. The Bertz CT molecular complexity index is 196. The average Bonchev–Trinajstić information content (AvgIpc) is 2.33. The molecule has 1 atom stereocenters. The van der Waals surface area contributed by atoms with Crippen molar-refractivity contribution in [3.05, 3.63) is 0 Å². The molecule has 0 bridgehead atoms. The van der Waals surface area contributed by atoms with E-state index in [1.165, 1.54) is 25.0 Å². The number of methoxy groups -OCH3 is 1. The van der Waals surface area contributed by atoms with Gasteiger partial charge in [-0.15, -0.1) is 0 Å². The molecular weight excluding hydrogens is 226 g/mol. The van der Waals surface area contributed by atoms with E-state index in [4.69, 9.17) is 9.47 Å². The van der Waals surface area contributed by atoms with Crippen molar-refractivity contribution < 1.29 is 14.3 Å². The van der Waals surface area contributed by atoms with Crippen LogP contribution in [0.4, 0.5) is 0 Å². The largest absolute Gasteiger partial charge is 0.382 e. The lowest BCUT2D eigenvalue weighted by molar-refractivity contribution is -0.126. The van der Waals surface area contributed by atoms with Gasteiger partial charge < -0.3 is 14.8 Å². The van der Waals surface area contributed by atoms with Crippen LogP contribution in [0.15, 0.2) is 0 Å². The van der Waals surface area contributed by atoms with Crippen LogP contribution in [-0.4, -0.2) is 50.4 Å². The van der Waals surface area contributed by atoms with Gasteiger partial charge >= 0.3 is 0 Å². The maximum absolute atomic E-state index is 11.4. The Kier molecular flexibility index (Phi) is 7.63. The van der Waals surface area contributed by atoms with Gasteiger partial charge in [0, 0.05) is 18.9 Å². The van der Waals surface area contributed by atoms with E-state index in [9.17, 15) is 4.79 Å². The summed E-state index contributed by atoms with van der Waals surface area (Å²) in [4.78, 5) is 11.4. The van der Waals surface area contributed by atoms with Crippen molar-refractivity contribution in [1.29, 1.82) is 0 Å². The van der Waals surface area contributed by atoms with Gasteiger partial charge in [-0.05, 0) is 18.6 Å². The minimum absolute atomic E-state index is 0.0257. The Morgan fingerprint density at radius 1 is 1.44 bits per heavy atom. The summed E-state index contributed by atoms with van der Waals surface area (Å²) in [5.41, 5.74) is 0. The number of ether oxygens (including phenoxy) is 2. The molecule has 1 fully saturated rings. The third-order valence-corrected chi connectivity index (χ3v) is 3.86. The zero-order valence-electron chi connectivity index (χ0n) is 9.87. The number of hydrogen-bond donors (Lipinski definition) is 1. The summed E-state index contributed by atoms with van der Waals surface area (Å²) in [6, 6.07) is 0. The lowest BCUT2D eigenvalue weighted by atomic mass is 10.2. The first-order chi connectivity index (χ1) is 7.83. The van der Waals surface area contributed by atoms with Gasteiger partial charge in [0.05, 0.1) is 13.2 Å². The quantitative estimate of drug-likeness (QED) is 0.683. The Morgan fingerprint density at radius 3 is 3.00 bits per heavy atom. The predicted octanol–water partition coefficient (Wildman–Crippen LogP) is 1.05. The molecule has 94 valence electrons. The summed E-state index contributed by atoms with van der Waals surface area (Å²) in [6.07, 6.45) is 3.82. The van der Waals surface area contributed by atoms with Crippen LogP contribution >= 0.6 is 11.8 Å². The van der Waals surface area contributed by atoms with Crippen LogP contribution in [0.5, 0.6) is 0 Å². The summed E-state index contributed by atoms with van der Waals surface area (Å²) in [6.45, 7) is 1.92. The fourth-order valence-corrected chi connectivity index (χ4v) is 2.79. The highest BCUT2D eigenvalue weighted by Crippen LogP contribution is 2.24. The molecule has 0 saturated carbocycles. The molecular formula is C11H21NO3S. The molecule has 0 radical (unpaired) electrons. The van der Waals surface area contributed by atoms with E-state index in [2.05, 4.69) is 5.32 Å². The standard InChI is InChI=1S/C11H21NO3S/c1-14-5-6-15-9-11(13)12-8-10-4-2-3-7-16-10/h10H,2-9H2,1H3,(H,12,13). The van der Waals surface area contributed by atoms with Crippen LogP contribution in [0.3, 0.4) is 0 Å². The highest BCUT2D eigenvalue weighted by molar-refractivity contribution is 7.99. The van der Waals surface area contributed by atoms with Crippen LogP contribution < -0.4 is 5.32 Å². The SMILES string of the molecule is COCCOCC(=O)NCC1CCCCS1. The molecule has 1 rings (SSSR count). The normalized spacial score (nSPS) is 20.7. The second-order valence-corrected chi connectivity index (χ2v) is 5.25. The highest BCUT2D eigenvalue weighted by Gasteiger charge is 2.14. The lowest BCUT2D eigenvalue weighted by Crippen LogP contribution is -2.34. The first-order valence-electron chi connectivity index (χ1n) is 5.78. The molecule has 4 nitrogen and oxygen atoms in total. The molecule has 0 aromatic carbocycles. The molecule has 0 spiro atoms. The van der Waals surface area contributed by atoms with Gasteiger partial charge in [-0.1, -0.05) is 6.42 Å².